The first-order valence-corrected chi connectivity index (χ1v) is 5.34. The molecule has 0 saturated heterocycles. The topological polar surface area (TPSA) is 111 Å². The summed E-state index contributed by atoms with van der Waals surface area (Å²) in [7, 11) is 0. The van der Waals surface area contributed by atoms with Crippen LogP contribution in [0.15, 0.2) is 17.4 Å². The van der Waals surface area contributed by atoms with Crippen LogP contribution >= 0.6 is 24.0 Å². The first-order chi connectivity index (χ1) is 8.13. The molecule has 0 aliphatic carbocycles. The summed E-state index contributed by atoms with van der Waals surface area (Å²) in [6, 6.07) is 0. The number of hydrogen-bond acceptors (Lipinski definition) is 4. The predicted molar refractivity (Wildman–Crippen MR) is 79.1 cm³/mol. The summed E-state index contributed by atoms with van der Waals surface area (Å²) in [6.07, 6.45) is 3.53. The predicted octanol–water partition coefficient (Wildman–Crippen LogP) is 0.724. The fourth-order valence-corrected chi connectivity index (χ4v) is 1.16. The van der Waals surface area contributed by atoms with Crippen molar-refractivity contribution in [3.05, 3.63) is 22.5 Å². The van der Waals surface area contributed by atoms with E-state index in [1.807, 2.05) is 6.92 Å². The zero-order valence-electron chi connectivity index (χ0n) is 10.1. The molecule has 0 aliphatic rings. The van der Waals surface area contributed by atoms with E-state index in [9.17, 15) is 10.1 Å². The highest BCUT2D eigenvalue weighted by Crippen LogP contribution is 2.06. The van der Waals surface area contributed by atoms with Gasteiger partial charge in [-0.1, -0.05) is 6.92 Å². The van der Waals surface area contributed by atoms with Gasteiger partial charge >= 0.3 is 5.69 Å². The number of aliphatic imine (C=N–C) groups is 1. The monoisotopic (exact) mass is 368 g/mol. The molecule has 0 saturated carbocycles. The maximum absolute atomic E-state index is 10.4. The molecule has 9 heteroatoms. The van der Waals surface area contributed by atoms with Crippen molar-refractivity contribution in [3.63, 3.8) is 0 Å². The molecule has 102 valence electrons. The standard InChI is InChI=1S/C9H16N6O2.HI/c1-2-3-11-9(10)12-4-5-14-7-8(6-13-14)15(16)17;/h6-7H,2-5H2,1H3,(H3,10,11,12);1H. The Bertz CT molecular complexity index is 406. The minimum atomic E-state index is -0.478. The molecule has 0 fully saturated rings. The molecule has 18 heavy (non-hydrogen) atoms. The average Bonchev–Trinajstić information content (AvgIpc) is 2.75. The minimum Gasteiger partial charge on any atom is -0.370 e. The fraction of sp³-hybridized carbons (Fsp3) is 0.556. The van der Waals surface area contributed by atoms with Crippen molar-refractivity contribution in [2.75, 3.05) is 13.1 Å². The number of nitro groups is 1. The number of nitrogens with zero attached hydrogens (tertiary/aromatic N) is 4. The third kappa shape index (κ3) is 5.80. The number of aromatic nitrogens is 2. The summed E-state index contributed by atoms with van der Waals surface area (Å²) in [5, 5.41) is 17.2. The maximum atomic E-state index is 10.4. The van der Waals surface area contributed by atoms with Crippen molar-refractivity contribution >= 4 is 35.6 Å². The Hall–Kier alpha value is -1.39. The smallest absolute Gasteiger partial charge is 0.306 e. The lowest BCUT2D eigenvalue weighted by Crippen LogP contribution is -2.34. The molecule has 0 spiro atoms. The molecule has 0 amide bonds. The van der Waals surface area contributed by atoms with Gasteiger partial charge in [-0.2, -0.15) is 5.10 Å². The molecule has 0 atom stereocenters. The van der Waals surface area contributed by atoms with Crippen molar-refractivity contribution in [3.8, 4) is 0 Å². The summed E-state index contributed by atoms with van der Waals surface area (Å²) in [6.45, 7) is 3.72. The Morgan fingerprint density at radius 3 is 3.00 bits per heavy atom. The average molecular weight is 368 g/mol. The van der Waals surface area contributed by atoms with Crippen molar-refractivity contribution in [1.29, 1.82) is 0 Å². The molecule has 1 rings (SSSR count). The van der Waals surface area contributed by atoms with Crippen LogP contribution in [-0.4, -0.2) is 33.8 Å². The fourth-order valence-electron chi connectivity index (χ4n) is 1.16. The van der Waals surface area contributed by atoms with E-state index in [0.29, 0.717) is 25.6 Å². The van der Waals surface area contributed by atoms with Crippen LogP contribution in [0.5, 0.6) is 0 Å². The number of nitrogens with two attached hydrogens (primary N) is 1. The van der Waals surface area contributed by atoms with Gasteiger partial charge in [0.05, 0.1) is 11.5 Å². The number of rotatable bonds is 6. The first-order valence-electron chi connectivity index (χ1n) is 5.34. The molecular weight excluding hydrogens is 351 g/mol. The summed E-state index contributed by atoms with van der Waals surface area (Å²) in [5.41, 5.74) is 5.56. The molecule has 0 aliphatic heterocycles. The third-order valence-electron chi connectivity index (χ3n) is 1.98. The first kappa shape index (κ1) is 16.6. The quantitative estimate of drug-likeness (QED) is 0.253. The van der Waals surface area contributed by atoms with Crippen LogP contribution in [0.4, 0.5) is 5.69 Å². The zero-order chi connectivity index (χ0) is 12.7. The summed E-state index contributed by atoms with van der Waals surface area (Å²) in [4.78, 5) is 14.0. The van der Waals surface area contributed by atoms with E-state index in [1.165, 1.54) is 17.1 Å². The van der Waals surface area contributed by atoms with Gasteiger partial charge in [-0.05, 0) is 6.42 Å². The second-order valence-corrected chi connectivity index (χ2v) is 3.41. The van der Waals surface area contributed by atoms with Gasteiger partial charge in [0.15, 0.2) is 5.96 Å². The van der Waals surface area contributed by atoms with Crippen molar-refractivity contribution < 1.29 is 4.92 Å². The molecule has 1 heterocycles. The van der Waals surface area contributed by atoms with Gasteiger partial charge in [-0.25, -0.2) is 0 Å². The number of nitrogens with one attached hydrogen (secondary N) is 1. The molecule has 1 aromatic rings. The van der Waals surface area contributed by atoms with E-state index in [0.717, 1.165) is 6.42 Å². The second-order valence-electron chi connectivity index (χ2n) is 3.41. The summed E-state index contributed by atoms with van der Waals surface area (Å²) >= 11 is 0. The van der Waals surface area contributed by atoms with Crippen molar-refractivity contribution in [2.24, 2.45) is 10.7 Å². The van der Waals surface area contributed by atoms with Crippen LogP contribution in [0, 0.1) is 10.1 Å². The van der Waals surface area contributed by atoms with E-state index in [2.05, 4.69) is 15.4 Å². The molecule has 0 unspecified atom stereocenters. The normalized spacial score (nSPS) is 10.8. The van der Waals surface area contributed by atoms with Crippen LogP contribution in [0.2, 0.25) is 0 Å². The van der Waals surface area contributed by atoms with E-state index >= 15 is 0 Å². The lowest BCUT2D eigenvalue weighted by Gasteiger charge is -2.04. The summed E-state index contributed by atoms with van der Waals surface area (Å²) in [5.74, 6) is 0.383. The van der Waals surface area contributed by atoms with Crippen LogP contribution in [-0.2, 0) is 6.54 Å². The lowest BCUT2D eigenvalue weighted by molar-refractivity contribution is -0.385. The van der Waals surface area contributed by atoms with Gasteiger partial charge in [0.2, 0.25) is 0 Å². The van der Waals surface area contributed by atoms with Crippen LogP contribution in [0.3, 0.4) is 0 Å². The number of guanidine groups is 1. The molecule has 3 N–H and O–H groups in total. The minimum absolute atomic E-state index is 0. The lowest BCUT2D eigenvalue weighted by atomic mass is 10.5. The number of halogens is 1. The van der Waals surface area contributed by atoms with Gasteiger partial charge in [0, 0.05) is 13.1 Å². The highest BCUT2D eigenvalue weighted by Gasteiger charge is 2.07. The van der Waals surface area contributed by atoms with Crippen LogP contribution in [0.25, 0.3) is 0 Å². The Balaban J connectivity index is 0.00000289. The van der Waals surface area contributed by atoms with Crippen LogP contribution in [0.1, 0.15) is 13.3 Å². The van der Waals surface area contributed by atoms with Crippen LogP contribution < -0.4 is 11.1 Å². The highest BCUT2D eigenvalue weighted by molar-refractivity contribution is 14.0. The SMILES string of the molecule is CCCN=C(N)NCCn1cc([N+](=O)[O-])cn1.I. The van der Waals surface area contributed by atoms with Gasteiger partial charge in [0.1, 0.15) is 12.4 Å². The molecular formula is C9H17IN6O2. The molecule has 0 radical (unpaired) electrons. The van der Waals surface area contributed by atoms with Crippen molar-refractivity contribution in [1.82, 2.24) is 15.1 Å². The molecule has 1 aromatic heterocycles. The van der Waals surface area contributed by atoms with Gasteiger partial charge in [0.25, 0.3) is 0 Å². The Morgan fingerprint density at radius 1 is 1.72 bits per heavy atom. The van der Waals surface area contributed by atoms with Gasteiger partial charge in [-0.15, -0.1) is 24.0 Å². The van der Waals surface area contributed by atoms with Gasteiger partial charge in [-0.3, -0.25) is 19.8 Å². The van der Waals surface area contributed by atoms with E-state index in [4.69, 9.17) is 5.73 Å². The third-order valence-corrected chi connectivity index (χ3v) is 1.98. The van der Waals surface area contributed by atoms with Gasteiger partial charge < -0.3 is 11.1 Å². The number of hydrogen-bond donors (Lipinski definition) is 2. The molecule has 0 bridgehead atoms. The molecule has 8 nitrogen and oxygen atoms in total. The van der Waals surface area contributed by atoms with E-state index < -0.39 is 4.92 Å². The maximum Gasteiger partial charge on any atom is 0.306 e. The van der Waals surface area contributed by atoms with Crippen molar-refractivity contribution in [2.45, 2.75) is 19.9 Å². The molecule has 0 aromatic carbocycles. The Labute approximate surface area is 122 Å². The van der Waals surface area contributed by atoms with E-state index in [-0.39, 0.29) is 29.7 Å². The Morgan fingerprint density at radius 2 is 2.44 bits per heavy atom. The highest BCUT2D eigenvalue weighted by atomic mass is 127. The summed E-state index contributed by atoms with van der Waals surface area (Å²) < 4.78 is 1.48. The van der Waals surface area contributed by atoms with E-state index in [1.54, 1.807) is 0 Å². The largest absolute Gasteiger partial charge is 0.370 e. The zero-order valence-corrected chi connectivity index (χ0v) is 12.4. The Kier molecular flexibility index (Phi) is 8.00. The second kappa shape index (κ2) is 8.66.